The van der Waals surface area contributed by atoms with Gasteiger partial charge in [-0.15, -0.1) is 0 Å². The molecule has 13 heteroatoms. The van der Waals surface area contributed by atoms with Crippen LogP contribution in [0.2, 0.25) is 0 Å². The molecule has 10 nitrogen and oxygen atoms in total. The fourth-order valence-corrected chi connectivity index (χ4v) is 6.92. The molecule has 4 atom stereocenters. The first-order chi connectivity index (χ1) is 21.8. The van der Waals surface area contributed by atoms with Crippen molar-refractivity contribution in [1.29, 1.82) is 0 Å². The lowest BCUT2D eigenvalue weighted by molar-refractivity contribution is -0.140. The Kier molecular flexibility index (Phi) is 11.1. The lowest BCUT2D eigenvalue weighted by atomic mass is 9.76. The predicted octanol–water partition coefficient (Wildman–Crippen LogP) is 3.88. The Morgan fingerprint density at radius 3 is 1.93 bits per heavy atom. The number of fused-ring (bicyclic) bond motifs is 2. The van der Waals surface area contributed by atoms with Crippen molar-refractivity contribution in [3.63, 3.8) is 0 Å². The number of rotatable bonds is 12. The van der Waals surface area contributed by atoms with Crippen LogP contribution in [-0.2, 0) is 32.0 Å². The summed E-state index contributed by atoms with van der Waals surface area (Å²) >= 11 is 3.42. The van der Waals surface area contributed by atoms with Crippen LogP contribution in [0.25, 0.3) is 11.1 Å². The minimum atomic E-state index is -0.937. The Morgan fingerprint density at radius 1 is 0.844 bits per heavy atom. The molecule has 0 amide bonds. The number of aryl methyl sites for hydroxylation is 2. The Hall–Kier alpha value is -3.54. The molecule has 3 aliphatic carbocycles. The Bertz CT molecular complexity index is 1550. The number of carboxylic acids is 2. The molecule has 1 saturated carbocycles. The van der Waals surface area contributed by atoms with Gasteiger partial charge in [-0.25, -0.2) is 0 Å². The van der Waals surface area contributed by atoms with E-state index in [1.807, 2.05) is 29.1 Å². The zero-order valence-electron chi connectivity index (χ0n) is 24.8. The van der Waals surface area contributed by atoms with Crippen LogP contribution in [0.3, 0.4) is 0 Å². The standard InChI is InChI=1S/C19H21BN3O3.C13H14BBrNO3/c24-11-20-22-18(19(25)26)16-3-1-2-12-4-5-13(8-17(12)16)14-9-21-23(10-14)15-6-7-15;15-9-5-4-8-2-1-3-10(11(8)6-9)12(13(18)19)16-14-7-17/h4-5,8-11,15-16,18,22H,1-3,6-7H2,(H,25,26);4-7,10,12,16H,1-3H2,(H,18,19)/t16-,18+;10-,12+/m11/s1. The van der Waals surface area contributed by atoms with Gasteiger partial charge in [0.25, 0.3) is 14.8 Å². The van der Waals surface area contributed by atoms with Crippen molar-refractivity contribution in [2.75, 3.05) is 0 Å². The molecule has 3 aromatic rings. The fourth-order valence-electron chi connectivity index (χ4n) is 6.55. The lowest BCUT2D eigenvalue weighted by Crippen LogP contribution is -2.45. The first-order valence-electron chi connectivity index (χ1n) is 15.3. The van der Waals surface area contributed by atoms with Crippen LogP contribution in [0.15, 0.2) is 53.3 Å². The van der Waals surface area contributed by atoms with Crippen LogP contribution >= 0.6 is 15.9 Å². The molecule has 0 aliphatic heterocycles. The summed E-state index contributed by atoms with van der Waals surface area (Å²) in [5, 5.41) is 28.9. The molecule has 232 valence electrons. The highest BCUT2D eigenvalue weighted by atomic mass is 79.9. The van der Waals surface area contributed by atoms with Crippen molar-refractivity contribution >= 4 is 55.1 Å². The van der Waals surface area contributed by atoms with Gasteiger partial charge in [0, 0.05) is 28.1 Å². The van der Waals surface area contributed by atoms with Crippen molar-refractivity contribution in [2.24, 2.45) is 0 Å². The van der Waals surface area contributed by atoms with Crippen LogP contribution in [0.5, 0.6) is 0 Å². The summed E-state index contributed by atoms with van der Waals surface area (Å²) in [7, 11) is 2.33. The molecule has 0 unspecified atom stereocenters. The molecular weight excluding hydrogens is 638 g/mol. The van der Waals surface area contributed by atoms with Gasteiger partial charge in [-0.3, -0.25) is 14.3 Å². The average Bonchev–Trinajstić information content (AvgIpc) is 3.77. The van der Waals surface area contributed by atoms with E-state index < -0.39 is 24.0 Å². The van der Waals surface area contributed by atoms with E-state index in [1.165, 1.54) is 31.4 Å². The Balaban J connectivity index is 0.000000187. The summed E-state index contributed by atoms with van der Waals surface area (Å²) in [6.45, 7) is 0. The van der Waals surface area contributed by atoms with Gasteiger partial charge in [0.2, 0.25) is 0 Å². The molecule has 1 aromatic heterocycles. The topological polar surface area (TPSA) is 151 Å². The number of halogens is 1. The third kappa shape index (κ3) is 8.01. The monoisotopic (exact) mass is 672 g/mol. The molecule has 0 saturated heterocycles. The quantitative estimate of drug-likeness (QED) is 0.166. The van der Waals surface area contributed by atoms with E-state index in [0.29, 0.717) is 18.4 Å². The number of hydrogen-bond acceptors (Lipinski definition) is 7. The van der Waals surface area contributed by atoms with E-state index in [9.17, 15) is 29.4 Å². The van der Waals surface area contributed by atoms with Gasteiger partial charge in [0.1, 0.15) is 12.1 Å². The molecule has 2 aromatic carbocycles. The number of carbonyl (C=O) groups is 4. The summed E-state index contributed by atoms with van der Waals surface area (Å²) in [6.07, 6.45) is 12.9. The number of carboxylic acid groups (broad SMARTS) is 2. The molecule has 1 heterocycles. The highest BCUT2D eigenvalue weighted by Gasteiger charge is 2.34. The molecule has 45 heavy (non-hydrogen) atoms. The van der Waals surface area contributed by atoms with Gasteiger partial charge in [-0.05, 0) is 91.3 Å². The second-order valence-corrected chi connectivity index (χ2v) is 12.7. The first-order valence-corrected chi connectivity index (χ1v) is 16.1. The van der Waals surface area contributed by atoms with Crippen molar-refractivity contribution in [2.45, 2.75) is 81.3 Å². The third-order valence-corrected chi connectivity index (χ3v) is 9.35. The minimum Gasteiger partial charge on any atom is -0.480 e. The fraction of sp³-hybridized carbons (Fsp3) is 0.406. The average molecular weight is 673 g/mol. The van der Waals surface area contributed by atoms with E-state index in [4.69, 9.17) is 0 Å². The van der Waals surface area contributed by atoms with Crippen LogP contribution in [0, 0.1) is 0 Å². The second kappa shape index (κ2) is 15.2. The van der Waals surface area contributed by atoms with Crippen LogP contribution < -0.4 is 10.5 Å². The van der Waals surface area contributed by atoms with E-state index in [1.54, 1.807) is 0 Å². The lowest BCUT2D eigenvalue weighted by Gasteiger charge is -2.31. The van der Waals surface area contributed by atoms with Gasteiger partial charge in [-0.1, -0.05) is 40.2 Å². The third-order valence-electron chi connectivity index (χ3n) is 8.86. The maximum absolute atomic E-state index is 11.7. The van der Waals surface area contributed by atoms with Crippen LogP contribution in [0.4, 0.5) is 0 Å². The summed E-state index contributed by atoms with van der Waals surface area (Å²) in [5.41, 5.74) is 6.62. The number of benzene rings is 2. The SMILES string of the molecule is O=C[B]N[C@H](C(=O)O)[C@@H]1CCCc2ccc(-c3cnn(C4CC4)c3)cc21.O=C[B]N[C@H](C(=O)O)[C@@H]1CCCc2ccc(Br)cc21. The van der Waals surface area contributed by atoms with Crippen LogP contribution in [-0.4, -0.2) is 71.2 Å². The number of aromatic nitrogens is 2. The van der Waals surface area contributed by atoms with E-state index in [2.05, 4.69) is 55.9 Å². The summed E-state index contributed by atoms with van der Waals surface area (Å²) in [6, 6.07) is 11.3. The first kappa shape index (κ1) is 32.8. The summed E-state index contributed by atoms with van der Waals surface area (Å²) in [5.74, 6) is -2.15. The molecule has 1 fully saturated rings. The maximum Gasteiger partial charge on any atom is 0.320 e. The van der Waals surface area contributed by atoms with Crippen molar-refractivity contribution in [3.05, 3.63) is 75.5 Å². The van der Waals surface area contributed by atoms with Gasteiger partial charge < -0.3 is 30.3 Å². The predicted molar refractivity (Wildman–Crippen MR) is 176 cm³/mol. The number of carbonyl (C=O) groups excluding carboxylic acids is 2. The smallest absolute Gasteiger partial charge is 0.320 e. The van der Waals surface area contributed by atoms with E-state index >= 15 is 0 Å². The van der Waals surface area contributed by atoms with Gasteiger partial charge in [0.15, 0.2) is 0 Å². The molecule has 0 spiro atoms. The van der Waals surface area contributed by atoms with E-state index in [0.717, 1.165) is 72.7 Å². The molecule has 2 radical (unpaired) electrons. The summed E-state index contributed by atoms with van der Waals surface area (Å²) in [4.78, 5) is 44.2. The highest BCUT2D eigenvalue weighted by Crippen LogP contribution is 2.39. The maximum atomic E-state index is 11.7. The number of aliphatic carboxylic acids is 2. The minimum absolute atomic E-state index is 0.116. The Morgan fingerprint density at radius 2 is 1.40 bits per heavy atom. The highest BCUT2D eigenvalue weighted by molar-refractivity contribution is 9.10. The molecule has 0 bridgehead atoms. The Labute approximate surface area is 272 Å². The molecule has 3 aliphatic rings. The summed E-state index contributed by atoms with van der Waals surface area (Å²) < 4.78 is 2.97. The van der Waals surface area contributed by atoms with Crippen molar-refractivity contribution in [1.82, 2.24) is 20.2 Å². The number of nitrogens with zero attached hydrogens (tertiary/aromatic N) is 2. The van der Waals surface area contributed by atoms with Gasteiger partial charge in [0.05, 0.1) is 24.6 Å². The molecule has 4 N–H and O–H groups in total. The zero-order valence-corrected chi connectivity index (χ0v) is 26.4. The van der Waals surface area contributed by atoms with Gasteiger partial charge >= 0.3 is 11.9 Å². The second-order valence-electron chi connectivity index (χ2n) is 11.8. The van der Waals surface area contributed by atoms with Crippen molar-refractivity contribution in [3.8, 4) is 11.1 Å². The number of hydrogen-bond donors (Lipinski definition) is 4. The van der Waals surface area contributed by atoms with Crippen LogP contribution in [0.1, 0.15) is 78.7 Å². The van der Waals surface area contributed by atoms with Gasteiger partial charge in [-0.2, -0.15) is 5.10 Å². The zero-order chi connectivity index (χ0) is 31.9. The molecular formula is C32H35B2BrN4O6. The number of nitrogens with one attached hydrogen (secondary N) is 2. The largest absolute Gasteiger partial charge is 0.480 e. The van der Waals surface area contributed by atoms with E-state index in [-0.39, 0.29) is 11.8 Å². The molecule has 6 rings (SSSR count). The van der Waals surface area contributed by atoms with Crippen molar-refractivity contribution < 1.29 is 29.4 Å². The normalized spacial score (nSPS) is 19.8.